The Kier molecular flexibility index (Phi) is 4.56. The lowest BCUT2D eigenvalue weighted by atomic mass is 9.97. The van der Waals surface area contributed by atoms with Crippen LogP contribution in [0.5, 0.6) is 0 Å². The van der Waals surface area contributed by atoms with Gasteiger partial charge in [0.1, 0.15) is 17.6 Å². The molecule has 0 radical (unpaired) electrons. The molecule has 1 fully saturated rings. The SMILES string of the molecule is CC1CCC(NC(=O)CC(F)(F)F)CN1c1cnnc2cnc3[nH]ccc3c12. The van der Waals surface area contributed by atoms with Gasteiger partial charge in [0.2, 0.25) is 5.91 Å². The van der Waals surface area contributed by atoms with Gasteiger partial charge in [-0.15, -0.1) is 5.10 Å². The Morgan fingerprint density at radius 2 is 2.18 bits per heavy atom. The smallest absolute Gasteiger partial charge is 0.365 e. The summed E-state index contributed by atoms with van der Waals surface area (Å²) in [6.45, 7) is 2.45. The molecule has 0 saturated carbocycles. The van der Waals surface area contributed by atoms with Crippen molar-refractivity contribution in [3.05, 3.63) is 24.7 Å². The molecule has 2 atom stereocenters. The second-order valence-electron chi connectivity index (χ2n) is 7.12. The van der Waals surface area contributed by atoms with E-state index in [1.165, 1.54) is 0 Å². The van der Waals surface area contributed by atoms with Crippen molar-refractivity contribution in [2.45, 2.75) is 44.4 Å². The molecular formula is C18H19F3N6O. The summed E-state index contributed by atoms with van der Waals surface area (Å²) in [6.07, 6.45) is 0.480. The molecule has 3 aromatic rings. The Morgan fingerprint density at radius 3 is 2.96 bits per heavy atom. The normalized spacial score (nSPS) is 20.6. The van der Waals surface area contributed by atoms with Crippen LogP contribution >= 0.6 is 0 Å². The zero-order chi connectivity index (χ0) is 19.9. The molecule has 7 nitrogen and oxygen atoms in total. The molecule has 148 valence electrons. The van der Waals surface area contributed by atoms with E-state index in [9.17, 15) is 18.0 Å². The summed E-state index contributed by atoms with van der Waals surface area (Å²) >= 11 is 0. The fourth-order valence-corrected chi connectivity index (χ4v) is 3.79. The minimum Gasteiger partial charge on any atom is -0.365 e. The number of amides is 1. The maximum atomic E-state index is 12.5. The van der Waals surface area contributed by atoms with Gasteiger partial charge in [-0.05, 0) is 25.8 Å². The molecule has 2 unspecified atom stereocenters. The van der Waals surface area contributed by atoms with Gasteiger partial charge in [-0.25, -0.2) is 4.98 Å². The highest BCUT2D eigenvalue weighted by molar-refractivity contribution is 6.09. The molecule has 0 aromatic carbocycles. The third kappa shape index (κ3) is 3.58. The second-order valence-corrected chi connectivity index (χ2v) is 7.12. The van der Waals surface area contributed by atoms with E-state index in [4.69, 9.17) is 0 Å². The van der Waals surface area contributed by atoms with Gasteiger partial charge in [0, 0.05) is 35.6 Å². The predicted octanol–water partition coefficient (Wildman–Crippen LogP) is 2.93. The van der Waals surface area contributed by atoms with Crippen molar-refractivity contribution in [3.63, 3.8) is 0 Å². The average Bonchev–Trinajstić information content (AvgIpc) is 3.10. The molecular weight excluding hydrogens is 373 g/mol. The molecule has 10 heteroatoms. The molecule has 1 amide bonds. The summed E-state index contributed by atoms with van der Waals surface area (Å²) in [5.74, 6) is -0.998. The highest BCUT2D eigenvalue weighted by Crippen LogP contribution is 2.34. The van der Waals surface area contributed by atoms with Gasteiger partial charge in [-0.1, -0.05) is 0 Å². The summed E-state index contributed by atoms with van der Waals surface area (Å²) in [4.78, 5) is 21.2. The molecule has 3 aromatic heterocycles. The topological polar surface area (TPSA) is 86.8 Å². The highest BCUT2D eigenvalue weighted by atomic mass is 19.4. The van der Waals surface area contributed by atoms with Crippen molar-refractivity contribution in [3.8, 4) is 0 Å². The number of nitrogens with one attached hydrogen (secondary N) is 2. The van der Waals surface area contributed by atoms with Crippen LogP contribution in [0, 0.1) is 0 Å². The lowest BCUT2D eigenvalue weighted by molar-refractivity contribution is -0.154. The summed E-state index contributed by atoms with van der Waals surface area (Å²) in [6, 6.07) is 1.69. The minimum absolute atomic E-state index is 0.144. The number of carbonyl (C=O) groups is 1. The summed E-state index contributed by atoms with van der Waals surface area (Å²) < 4.78 is 37.4. The summed E-state index contributed by atoms with van der Waals surface area (Å²) in [5, 5.41) is 12.5. The van der Waals surface area contributed by atoms with E-state index in [1.54, 1.807) is 18.6 Å². The fourth-order valence-electron chi connectivity index (χ4n) is 3.79. The molecule has 0 aliphatic carbocycles. The predicted molar refractivity (Wildman–Crippen MR) is 97.8 cm³/mol. The van der Waals surface area contributed by atoms with Crippen LogP contribution in [-0.2, 0) is 4.79 Å². The van der Waals surface area contributed by atoms with E-state index in [1.807, 2.05) is 6.07 Å². The quantitative estimate of drug-likeness (QED) is 0.716. The van der Waals surface area contributed by atoms with Crippen LogP contribution in [0.4, 0.5) is 18.9 Å². The number of H-pyrrole nitrogens is 1. The van der Waals surface area contributed by atoms with E-state index >= 15 is 0 Å². The van der Waals surface area contributed by atoms with Crippen molar-refractivity contribution in [2.24, 2.45) is 0 Å². The molecule has 0 bridgehead atoms. The Bertz CT molecular complexity index is 1020. The number of anilines is 1. The number of rotatable bonds is 3. The van der Waals surface area contributed by atoms with E-state index < -0.39 is 18.5 Å². The Balaban J connectivity index is 1.64. The standard InChI is InChI=1S/C18H19F3N6O/c1-10-2-3-11(25-15(28)6-18(19,20)21)9-27(10)14-8-24-26-13-7-23-17-12(16(13)14)4-5-22-17/h4-5,7-8,10-11H,2-3,6,9H2,1H3,(H,22,23)(H,25,28). The Labute approximate surface area is 158 Å². The maximum absolute atomic E-state index is 12.5. The molecule has 1 saturated heterocycles. The molecule has 4 rings (SSSR count). The molecule has 28 heavy (non-hydrogen) atoms. The molecule has 4 heterocycles. The van der Waals surface area contributed by atoms with Crippen molar-refractivity contribution in [1.29, 1.82) is 0 Å². The van der Waals surface area contributed by atoms with Crippen LogP contribution in [0.2, 0.25) is 0 Å². The highest BCUT2D eigenvalue weighted by Gasteiger charge is 2.34. The number of pyridine rings is 1. The van der Waals surface area contributed by atoms with E-state index in [0.717, 1.165) is 28.5 Å². The van der Waals surface area contributed by atoms with E-state index in [2.05, 4.69) is 37.3 Å². The van der Waals surface area contributed by atoms with Gasteiger partial charge in [0.05, 0.1) is 18.1 Å². The zero-order valence-electron chi connectivity index (χ0n) is 15.1. The minimum atomic E-state index is -4.51. The van der Waals surface area contributed by atoms with E-state index in [-0.39, 0.29) is 12.1 Å². The number of alkyl halides is 3. The Morgan fingerprint density at radius 1 is 1.36 bits per heavy atom. The van der Waals surface area contributed by atoms with Gasteiger partial charge >= 0.3 is 6.18 Å². The van der Waals surface area contributed by atoms with Gasteiger partial charge in [-0.3, -0.25) is 4.79 Å². The number of hydrogen-bond donors (Lipinski definition) is 2. The van der Waals surface area contributed by atoms with Crippen LogP contribution in [0.3, 0.4) is 0 Å². The number of carbonyl (C=O) groups excluding carboxylic acids is 1. The third-order valence-corrected chi connectivity index (χ3v) is 5.09. The van der Waals surface area contributed by atoms with Gasteiger partial charge in [-0.2, -0.15) is 18.3 Å². The number of nitrogens with zero attached hydrogens (tertiary/aromatic N) is 4. The lowest BCUT2D eigenvalue weighted by Gasteiger charge is -2.40. The average molecular weight is 392 g/mol. The fraction of sp³-hybridized carbons (Fsp3) is 0.444. The third-order valence-electron chi connectivity index (χ3n) is 5.09. The number of aromatic amines is 1. The largest absolute Gasteiger partial charge is 0.397 e. The summed E-state index contributed by atoms with van der Waals surface area (Å²) in [5.41, 5.74) is 2.20. The molecule has 2 N–H and O–H groups in total. The number of halogens is 3. The molecule has 0 spiro atoms. The molecule has 1 aliphatic heterocycles. The summed E-state index contributed by atoms with van der Waals surface area (Å²) in [7, 11) is 0. The van der Waals surface area contributed by atoms with Crippen molar-refractivity contribution in [1.82, 2.24) is 25.5 Å². The number of fused-ring (bicyclic) bond motifs is 3. The first-order chi connectivity index (χ1) is 13.3. The van der Waals surface area contributed by atoms with Crippen LogP contribution in [0.15, 0.2) is 24.7 Å². The number of aromatic nitrogens is 4. The van der Waals surface area contributed by atoms with Crippen LogP contribution < -0.4 is 10.2 Å². The van der Waals surface area contributed by atoms with Crippen molar-refractivity contribution < 1.29 is 18.0 Å². The maximum Gasteiger partial charge on any atom is 0.397 e. The van der Waals surface area contributed by atoms with Crippen LogP contribution in [-0.4, -0.2) is 50.9 Å². The van der Waals surface area contributed by atoms with Crippen LogP contribution in [0.25, 0.3) is 21.9 Å². The first-order valence-electron chi connectivity index (χ1n) is 9.02. The Hall–Kier alpha value is -2.91. The first-order valence-corrected chi connectivity index (χ1v) is 9.02. The van der Waals surface area contributed by atoms with Crippen molar-refractivity contribution in [2.75, 3.05) is 11.4 Å². The first kappa shape index (κ1) is 18.5. The second kappa shape index (κ2) is 6.92. The zero-order valence-corrected chi connectivity index (χ0v) is 15.1. The monoisotopic (exact) mass is 392 g/mol. The molecule has 1 aliphatic rings. The van der Waals surface area contributed by atoms with Gasteiger partial charge < -0.3 is 15.2 Å². The van der Waals surface area contributed by atoms with Crippen LogP contribution in [0.1, 0.15) is 26.2 Å². The lowest BCUT2D eigenvalue weighted by Crippen LogP contribution is -2.51. The number of piperidine rings is 1. The van der Waals surface area contributed by atoms with Gasteiger partial charge in [0.25, 0.3) is 0 Å². The van der Waals surface area contributed by atoms with Crippen molar-refractivity contribution >= 4 is 33.5 Å². The van der Waals surface area contributed by atoms with Gasteiger partial charge in [0.15, 0.2) is 0 Å². The number of hydrogen-bond acceptors (Lipinski definition) is 5. The van der Waals surface area contributed by atoms with E-state index in [0.29, 0.717) is 18.5 Å².